The van der Waals surface area contributed by atoms with Gasteiger partial charge in [0.2, 0.25) is 0 Å². The van der Waals surface area contributed by atoms with Gasteiger partial charge in [0.1, 0.15) is 13.2 Å². The fourth-order valence-corrected chi connectivity index (χ4v) is 7.40. The standard InChI is InChI=1S/C55H98O6/c1-4-7-10-13-16-19-22-24-26-28-30-33-36-39-42-45-48-54(57)60-51-52(50-59-53(56)47-44-41-38-35-32-21-18-15-12-9-6-3)61-55(58)49-46-43-40-37-34-31-29-27-25-23-20-17-14-11-8-5-2/h9,12,18,21,26,28,35,38,52H,4-8,10-11,13-17,19-20,22-25,27,29-34,36-37,39-51H2,1-3H3/b12-9-,21-18-,28-26-,38-35-. The quantitative estimate of drug-likeness (QED) is 0.0263. The lowest BCUT2D eigenvalue weighted by molar-refractivity contribution is -0.167. The molecule has 0 aromatic rings. The average molecular weight is 855 g/mol. The highest BCUT2D eigenvalue weighted by molar-refractivity contribution is 5.71. The lowest BCUT2D eigenvalue weighted by atomic mass is 10.0. The molecule has 0 aliphatic rings. The topological polar surface area (TPSA) is 78.9 Å². The van der Waals surface area contributed by atoms with Crippen LogP contribution in [0.2, 0.25) is 0 Å². The normalized spacial score (nSPS) is 12.4. The van der Waals surface area contributed by atoms with Crippen LogP contribution in [0, 0.1) is 0 Å². The van der Waals surface area contributed by atoms with E-state index in [2.05, 4.69) is 69.4 Å². The first kappa shape index (κ1) is 58.4. The molecule has 0 N–H and O–H groups in total. The monoisotopic (exact) mass is 855 g/mol. The van der Waals surface area contributed by atoms with Crippen molar-refractivity contribution < 1.29 is 28.6 Å². The van der Waals surface area contributed by atoms with Gasteiger partial charge in [-0.05, 0) is 70.6 Å². The van der Waals surface area contributed by atoms with Gasteiger partial charge in [-0.1, -0.05) is 223 Å². The summed E-state index contributed by atoms with van der Waals surface area (Å²) < 4.78 is 16.7. The summed E-state index contributed by atoms with van der Waals surface area (Å²) in [7, 11) is 0. The van der Waals surface area contributed by atoms with Crippen LogP contribution in [0.5, 0.6) is 0 Å². The average Bonchev–Trinajstić information content (AvgIpc) is 3.26. The number of unbranched alkanes of at least 4 members (excludes halogenated alkanes) is 28. The first-order chi connectivity index (χ1) is 30.0. The maximum atomic E-state index is 12.8. The lowest BCUT2D eigenvalue weighted by Crippen LogP contribution is -2.30. The summed E-state index contributed by atoms with van der Waals surface area (Å²) in [4.78, 5) is 37.9. The Labute approximate surface area is 378 Å². The van der Waals surface area contributed by atoms with Gasteiger partial charge in [0.15, 0.2) is 6.10 Å². The molecule has 0 saturated carbocycles. The van der Waals surface area contributed by atoms with Crippen molar-refractivity contribution in [2.24, 2.45) is 0 Å². The second-order valence-corrected chi connectivity index (χ2v) is 17.4. The maximum Gasteiger partial charge on any atom is 0.306 e. The van der Waals surface area contributed by atoms with Gasteiger partial charge in [0.05, 0.1) is 0 Å². The summed E-state index contributed by atoms with van der Waals surface area (Å²) >= 11 is 0. The van der Waals surface area contributed by atoms with Gasteiger partial charge in [-0.25, -0.2) is 0 Å². The Morgan fingerprint density at radius 3 is 1.08 bits per heavy atom. The molecule has 1 unspecified atom stereocenters. The molecular weight excluding hydrogens is 757 g/mol. The first-order valence-electron chi connectivity index (χ1n) is 26.1. The van der Waals surface area contributed by atoms with E-state index < -0.39 is 6.10 Å². The molecule has 6 nitrogen and oxygen atoms in total. The van der Waals surface area contributed by atoms with Crippen LogP contribution < -0.4 is 0 Å². The zero-order valence-electron chi connectivity index (χ0n) is 40.4. The van der Waals surface area contributed by atoms with E-state index >= 15 is 0 Å². The van der Waals surface area contributed by atoms with Gasteiger partial charge in [0.25, 0.3) is 0 Å². The van der Waals surface area contributed by atoms with E-state index in [9.17, 15) is 14.4 Å². The Hall–Kier alpha value is -2.63. The van der Waals surface area contributed by atoms with Crippen molar-refractivity contribution in [3.63, 3.8) is 0 Å². The van der Waals surface area contributed by atoms with Crippen LogP contribution in [0.25, 0.3) is 0 Å². The molecule has 0 amide bonds. The number of esters is 3. The molecule has 0 rings (SSSR count). The van der Waals surface area contributed by atoms with Gasteiger partial charge in [-0.3, -0.25) is 14.4 Å². The molecule has 61 heavy (non-hydrogen) atoms. The van der Waals surface area contributed by atoms with Crippen molar-refractivity contribution in [2.45, 2.75) is 271 Å². The van der Waals surface area contributed by atoms with E-state index in [0.29, 0.717) is 19.3 Å². The highest BCUT2D eigenvalue weighted by Crippen LogP contribution is 2.16. The van der Waals surface area contributed by atoms with Gasteiger partial charge in [-0.2, -0.15) is 0 Å². The van der Waals surface area contributed by atoms with Gasteiger partial charge in [-0.15, -0.1) is 0 Å². The van der Waals surface area contributed by atoms with Crippen LogP contribution in [-0.2, 0) is 28.6 Å². The third-order valence-corrected chi connectivity index (χ3v) is 11.3. The van der Waals surface area contributed by atoms with Crippen LogP contribution in [-0.4, -0.2) is 37.2 Å². The summed E-state index contributed by atoms with van der Waals surface area (Å²) in [6, 6.07) is 0. The molecule has 354 valence electrons. The number of rotatable bonds is 47. The summed E-state index contributed by atoms with van der Waals surface area (Å²) in [6.45, 7) is 6.48. The molecule has 0 aliphatic heterocycles. The maximum absolute atomic E-state index is 12.8. The van der Waals surface area contributed by atoms with E-state index in [-0.39, 0.29) is 37.5 Å². The molecule has 0 aromatic heterocycles. The lowest BCUT2D eigenvalue weighted by Gasteiger charge is -2.18. The predicted molar refractivity (Wildman–Crippen MR) is 261 cm³/mol. The van der Waals surface area contributed by atoms with E-state index in [1.807, 2.05) is 0 Å². The van der Waals surface area contributed by atoms with E-state index in [1.165, 1.54) is 148 Å². The number of hydrogen-bond acceptors (Lipinski definition) is 6. The summed E-state index contributed by atoms with van der Waals surface area (Å²) in [6.07, 6.45) is 59.6. The zero-order valence-corrected chi connectivity index (χ0v) is 40.4. The molecule has 0 spiro atoms. The van der Waals surface area contributed by atoms with Crippen LogP contribution in [0.3, 0.4) is 0 Å². The second kappa shape index (κ2) is 50.0. The molecule has 6 heteroatoms. The minimum absolute atomic E-state index is 0.0908. The third kappa shape index (κ3) is 48.3. The molecule has 0 saturated heterocycles. The van der Waals surface area contributed by atoms with Crippen LogP contribution in [0.4, 0.5) is 0 Å². The van der Waals surface area contributed by atoms with Crippen LogP contribution >= 0.6 is 0 Å². The van der Waals surface area contributed by atoms with Gasteiger partial charge in [0, 0.05) is 19.3 Å². The van der Waals surface area contributed by atoms with Crippen molar-refractivity contribution >= 4 is 17.9 Å². The predicted octanol–water partition coefficient (Wildman–Crippen LogP) is 17.1. The molecule has 1 atom stereocenters. The molecular formula is C55H98O6. The number of ether oxygens (including phenoxy) is 3. The third-order valence-electron chi connectivity index (χ3n) is 11.3. The van der Waals surface area contributed by atoms with Crippen molar-refractivity contribution in [3.05, 3.63) is 48.6 Å². The van der Waals surface area contributed by atoms with E-state index in [0.717, 1.165) is 70.6 Å². The fourth-order valence-electron chi connectivity index (χ4n) is 7.40. The van der Waals surface area contributed by atoms with Crippen molar-refractivity contribution in [2.75, 3.05) is 13.2 Å². The fraction of sp³-hybridized carbons (Fsp3) is 0.800. The minimum atomic E-state index is -0.792. The summed E-state index contributed by atoms with van der Waals surface area (Å²) in [5.74, 6) is -0.946. The zero-order chi connectivity index (χ0) is 44.4. The molecule has 0 fully saturated rings. The number of allylic oxidation sites excluding steroid dienone is 8. The molecule has 0 aliphatic carbocycles. The van der Waals surface area contributed by atoms with E-state index in [4.69, 9.17) is 14.2 Å². The Morgan fingerprint density at radius 2 is 0.656 bits per heavy atom. The molecule has 0 radical (unpaired) electrons. The number of carbonyl (C=O) groups is 3. The minimum Gasteiger partial charge on any atom is -0.462 e. The number of hydrogen-bond donors (Lipinski definition) is 0. The van der Waals surface area contributed by atoms with Gasteiger partial charge >= 0.3 is 17.9 Å². The Bertz CT molecular complexity index is 1070. The summed E-state index contributed by atoms with van der Waals surface area (Å²) in [5.41, 5.74) is 0. The van der Waals surface area contributed by atoms with Crippen molar-refractivity contribution in [1.82, 2.24) is 0 Å². The smallest absolute Gasteiger partial charge is 0.306 e. The first-order valence-corrected chi connectivity index (χ1v) is 26.1. The SMILES string of the molecule is CC/C=C\C/C=C\C/C=C\CCCC(=O)OCC(COC(=O)CCCCCCC/C=C\CCCCCCCCC)OC(=O)CCCCCCCCCCCCCCCCCC. The Balaban J connectivity index is 4.38. The van der Waals surface area contributed by atoms with Gasteiger partial charge < -0.3 is 14.2 Å². The van der Waals surface area contributed by atoms with Crippen LogP contribution in [0.1, 0.15) is 265 Å². The number of carbonyl (C=O) groups excluding carboxylic acids is 3. The highest BCUT2D eigenvalue weighted by Gasteiger charge is 2.19. The van der Waals surface area contributed by atoms with E-state index in [1.54, 1.807) is 0 Å². The summed E-state index contributed by atoms with van der Waals surface area (Å²) in [5, 5.41) is 0. The van der Waals surface area contributed by atoms with Crippen LogP contribution in [0.15, 0.2) is 48.6 Å². The Morgan fingerprint density at radius 1 is 0.344 bits per heavy atom. The molecule has 0 bridgehead atoms. The largest absolute Gasteiger partial charge is 0.462 e. The molecule has 0 heterocycles. The second-order valence-electron chi connectivity index (χ2n) is 17.4. The molecule has 0 aromatic carbocycles. The van der Waals surface area contributed by atoms with Crippen molar-refractivity contribution in [3.8, 4) is 0 Å². The van der Waals surface area contributed by atoms with Crippen molar-refractivity contribution in [1.29, 1.82) is 0 Å². The highest BCUT2D eigenvalue weighted by atomic mass is 16.6. The Kier molecular flexibility index (Phi) is 47.9.